The Bertz CT molecular complexity index is 1030. The van der Waals surface area contributed by atoms with Crippen LogP contribution in [-0.4, -0.2) is 72.4 Å². The molecule has 2 aliphatic rings. The number of carbonyl (C=O) groups is 4. The van der Waals surface area contributed by atoms with Crippen molar-refractivity contribution in [3.05, 3.63) is 34.7 Å². The second-order valence-corrected chi connectivity index (χ2v) is 8.86. The predicted molar refractivity (Wildman–Crippen MR) is 115 cm³/mol. The molecule has 31 heavy (non-hydrogen) atoms. The highest BCUT2D eigenvalue weighted by molar-refractivity contribution is 7.21. The van der Waals surface area contributed by atoms with E-state index in [0.717, 1.165) is 20.5 Å². The Balaban J connectivity index is 1.59. The molecule has 0 bridgehead atoms. The van der Waals surface area contributed by atoms with E-state index in [0.29, 0.717) is 18.0 Å². The minimum atomic E-state index is -0.556. The number of benzene rings is 1. The molecule has 0 saturated carbocycles. The van der Waals surface area contributed by atoms with E-state index in [9.17, 15) is 19.2 Å². The average Bonchev–Trinajstić information content (AvgIpc) is 3.28. The molecule has 9 nitrogen and oxygen atoms in total. The van der Waals surface area contributed by atoms with Crippen LogP contribution in [0.2, 0.25) is 0 Å². The number of nitrogens with zero attached hydrogens (tertiary/aromatic N) is 2. The van der Waals surface area contributed by atoms with Crippen LogP contribution in [0.4, 0.5) is 4.79 Å². The maximum Gasteiger partial charge on any atom is 0.325 e. The topological polar surface area (TPSA) is 108 Å². The highest BCUT2D eigenvalue weighted by atomic mass is 32.1. The van der Waals surface area contributed by atoms with Gasteiger partial charge in [-0.25, -0.2) is 4.79 Å². The van der Waals surface area contributed by atoms with Gasteiger partial charge in [-0.3, -0.25) is 19.3 Å². The van der Waals surface area contributed by atoms with Gasteiger partial charge < -0.3 is 20.3 Å². The number of amides is 5. The number of hydrogen-bond acceptors (Lipinski definition) is 6. The van der Waals surface area contributed by atoms with Gasteiger partial charge in [0, 0.05) is 22.8 Å². The summed E-state index contributed by atoms with van der Waals surface area (Å²) in [6.07, 6.45) is -0.482. The average molecular weight is 445 g/mol. The van der Waals surface area contributed by atoms with Crippen LogP contribution in [-0.2, 0) is 14.3 Å². The third-order valence-corrected chi connectivity index (χ3v) is 6.42. The summed E-state index contributed by atoms with van der Waals surface area (Å²) < 4.78 is 6.96. The number of thiophene rings is 1. The number of imide groups is 1. The molecule has 5 amide bonds. The summed E-state index contributed by atoms with van der Waals surface area (Å²) >= 11 is 1.40. The summed E-state index contributed by atoms with van der Waals surface area (Å²) in [7, 11) is 0. The maximum atomic E-state index is 12.9. The Kier molecular flexibility index (Phi) is 5.92. The Morgan fingerprint density at radius 1 is 1.29 bits per heavy atom. The molecule has 2 aliphatic heterocycles. The number of rotatable bonds is 5. The van der Waals surface area contributed by atoms with Crippen LogP contribution in [0.3, 0.4) is 0 Å². The van der Waals surface area contributed by atoms with Crippen LogP contribution in [0.1, 0.15) is 35.2 Å². The molecule has 1 unspecified atom stereocenters. The van der Waals surface area contributed by atoms with E-state index in [1.165, 1.54) is 11.3 Å². The molecule has 2 N–H and O–H groups in total. The van der Waals surface area contributed by atoms with Gasteiger partial charge in [0.25, 0.3) is 11.8 Å². The van der Waals surface area contributed by atoms with Crippen LogP contribution in [0, 0.1) is 0 Å². The van der Waals surface area contributed by atoms with Crippen LogP contribution >= 0.6 is 11.3 Å². The Morgan fingerprint density at radius 2 is 2.06 bits per heavy atom. The van der Waals surface area contributed by atoms with Gasteiger partial charge in [0.05, 0.1) is 24.6 Å². The van der Waals surface area contributed by atoms with Crippen molar-refractivity contribution < 1.29 is 23.9 Å². The van der Waals surface area contributed by atoms with Gasteiger partial charge in [-0.1, -0.05) is 18.2 Å². The fraction of sp³-hybridized carbons (Fsp3) is 0.429. The van der Waals surface area contributed by atoms with Crippen LogP contribution in [0.15, 0.2) is 24.3 Å². The van der Waals surface area contributed by atoms with Crippen molar-refractivity contribution in [1.29, 1.82) is 0 Å². The van der Waals surface area contributed by atoms with Gasteiger partial charge in [0.1, 0.15) is 12.6 Å². The monoisotopic (exact) mass is 444 g/mol. The molecular formula is C21H24N4O5S. The summed E-state index contributed by atoms with van der Waals surface area (Å²) in [5.74, 6) is -0.913. The molecule has 164 valence electrons. The minimum absolute atomic E-state index is 0.0138. The molecule has 0 spiro atoms. The fourth-order valence-corrected chi connectivity index (χ4v) is 4.94. The smallest absolute Gasteiger partial charge is 0.325 e. The Labute approximate surface area is 183 Å². The van der Waals surface area contributed by atoms with Crippen molar-refractivity contribution >= 4 is 45.2 Å². The number of urea groups is 1. The first-order valence-corrected chi connectivity index (χ1v) is 11.0. The van der Waals surface area contributed by atoms with Gasteiger partial charge in [0.2, 0.25) is 5.91 Å². The first-order valence-electron chi connectivity index (χ1n) is 10.1. The van der Waals surface area contributed by atoms with E-state index in [1.807, 2.05) is 38.1 Å². The second kappa shape index (κ2) is 8.64. The Hall–Kier alpha value is -2.98. The van der Waals surface area contributed by atoms with Crippen molar-refractivity contribution in [2.75, 3.05) is 32.8 Å². The molecule has 0 aliphatic carbocycles. The third-order valence-electron chi connectivity index (χ3n) is 5.23. The lowest BCUT2D eigenvalue weighted by molar-refractivity contribution is -0.142. The minimum Gasteiger partial charge on any atom is -0.370 e. The first kappa shape index (κ1) is 21.3. The van der Waals surface area contributed by atoms with Crippen molar-refractivity contribution in [3.8, 4) is 0 Å². The first-order chi connectivity index (χ1) is 14.8. The summed E-state index contributed by atoms with van der Waals surface area (Å²) in [5, 5.41) is 6.28. The number of ether oxygens (including phenoxy) is 1. The van der Waals surface area contributed by atoms with Crippen molar-refractivity contribution in [2.45, 2.75) is 26.0 Å². The predicted octanol–water partition coefficient (Wildman–Crippen LogP) is 1.49. The largest absolute Gasteiger partial charge is 0.370 e. The van der Waals surface area contributed by atoms with Crippen LogP contribution in [0.25, 0.3) is 10.1 Å². The van der Waals surface area contributed by atoms with Crippen LogP contribution < -0.4 is 10.6 Å². The van der Waals surface area contributed by atoms with E-state index < -0.39 is 18.0 Å². The number of morpholine rings is 1. The second-order valence-electron chi connectivity index (χ2n) is 7.81. The molecule has 0 radical (unpaired) electrons. The quantitative estimate of drug-likeness (QED) is 0.680. The zero-order valence-electron chi connectivity index (χ0n) is 17.3. The number of carbonyl (C=O) groups excluding carboxylic acids is 4. The number of nitrogens with one attached hydrogen (secondary N) is 2. The van der Waals surface area contributed by atoms with Gasteiger partial charge in [-0.05, 0) is 25.3 Å². The van der Waals surface area contributed by atoms with Gasteiger partial charge >= 0.3 is 6.03 Å². The zero-order chi connectivity index (χ0) is 22.1. The Morgan fingerprint density at radius 3 is 2.77 bits per heavy atom. The molecule has 1 atom stereocenters. The zero-order valence-corrected chi connectivity index (χ0v) is 18.2. The molecule has 2 fully saturated rings. The molecule has 10 heteroatoms. The third kappa shape index (κ3) is 4.26. The summed E-state index contributed by atoms with van der Waals surface area (Å²) in [4.78, 5) is 52.3. The molecule has 3 heterocycles. The van der Waals surface area contributed by atoms with Crippen molar-refractivity contribution in [1.82, 2.24) is 20.4 Å². The summed E-state index contributed by atoms with van der Waals surface area (Å²) in [5.41, 5.74) is 0.770. The van der Waals surface area contributed by atoms with E-state index in [2.05, 4.69) is 10.6 Å². The van der Waals surface area contributed by atoms with E-state index in [-0.39, 0.29) is 37.5 Å². The van der Waals surface area contributed by atoms with Crippen molar-refractivity contribution in [2.24, 2.45) is 0 Å². The summed E-state index contributed by atoms with van der Waals surface area (Å²) in [6.45, 7) is 4.30. The molecule has 1 aromatic heterocycles. The maximum absolute atomic E-state index is 12.9. The van der Waals surface area contributed by atoms with Crippen LogP contribution in [0.5, 0.6) is 0 Å². The van der Waals surface area contributed by atoms with E-state index in [1.54, 1.807) is 4.90 Å². The SMILES string of the molecule is CC(C)NC(=O)c1sc2ccccc2c1C1CN(C(=O)CN2C(=O)CNC2=O)CCO1. The molecule has 4 rings (SSSR count). The van der Waals surface area contributed by atoms with E-state index in [4.69, 9.17) is 4.74 Å². The molecule has 1 aromatic carbocycles. The highest BCUT2D eigenvalue weighted by Crippen LogP contribution is 2.38. The van der Waals surface area contributed by atoms with Gasteiger partial charge in [-0.15, -0.1) is 11.3 Å². The van der Waals surface area contributed by atoms with Gasteiger partial charge in [-0.2, -0.15) is 0 Å². The fourth-order valence-electron chi connectivity index (χ4n) is 3.78. The lowest BCUT2D eigenvalue weighted by Gasteiger charge is -2.34. The molecule has 2 aromatic rings. The normalized spacial score (nSPS) is 19.3. The molecule has 2 saturated heterocycles. The lowest BCUT2D eigenvalue weighted by Crippen LogP contribution is -2.48. The molecular weight excluding hydrogens is 420 g/mol. The number of fused-ring (bicyclic) bond motifs is 1. The van der Waals surface area contributed by atoms with E-state index >= 15 is 0 Å². The number of hydrogen-bond donors (Lipinski definition) is 2. The lowest BCUT2D eigenvalue weighted by atomic mass is 10.0. The van der Waals surface area contributed by atoms with Crippen molar-refractivity contribution in [3.63, 3.8) is 0 Å². The summed E-state index contributed by atoms with van der Waals surface area (Å²) in [6, 6.07) is 7.16. The van der Waals surface area contributed by atoms with Gasteiger partial charge in [0.15, 0.2) is 0 Å². The standard InChI is InChI=1S/C21H24N4O5S/c1-12(2)23-20(28)19-18(13-5-3-4-6-15(13)31-19)14-10-24(7-8-30-14)17(27)11-25-16(26)9-22-21(25)29/h3-6,12,14H,7-11H2,1-2H3,(H,22,29)(H,23,28). The highest BCUT2D eigenvalue weighted by Gasteiger charge is 2.35.